The lowest BCUT2D eigenvalue weighted by molar-refractivity contribution is -0.123. The van der Waals surface area contributed by atoms with Gasteiger partial charge >= 0.3 is 0 Å². The molecule has 126 valence electrons. The molecule has 1 aromatic rings. The van der Waals surface area contributed by atoms with E-state index in [0.717, 1.165) is 6.42 Å². The van der Waals surface area contributed by atoms with Gasteiger partial charge in [-0.3, -0.25) is 9.59 Å². The Morgan fingerprint density at radius 1 is 1.48 bits per heavy atom. The predicted octanol–water partition coefficient (Wildman–Crippen LogP) is 2.43. The molecule has 2 N–H and O–H groups in total. The first-order chi connectivity index (χ1) is 10.7. The number of ether oxygens (including phenoxy) is 2. The number of phenolic OH excluding ortho intramolecular Hbond substituents is 1. The Morgan fingerprint density at radius 3 is 2.83 bits per heavy atom. The quantitative estimate of drug-likeness (QED) is 0.870. The first kappa shape index (κ1) is 17.1. The molecule has 0 radical (unpaired) electrons. The molecule has 1 heterocycles. The molecule has 0 aliphatic carbocycles. The van der Waals surface area contributed by atoms with Crippen LogP contribution in [0.4, 0.5) is 0 Å². The van der Waals surface area contributed by atoms with E-state index in [1.165, 1.54) is 12.1 Å². The molecule has 1 aromatic carbocycles. The van der Waals surface area contributed by atoms with E-state index < -0.39 is 5.60 Å². The number of ketones is 1. The summed E-state index contributed by atoms with van der Waals surface area (Å²) in [6.45, 7) is 7.32. The highest BCUT2D eigenvalue weighted by molar-refractivity contribution is 6.03. The Hall–Kier alpha value is -2.24. The highest BCUT2D eigenvalue weighted by Crippen LogP contribution is 2.40. The van der Waals surface area contributed by atoms with Gasteiger partial charge in [-0.05, 0) is 27.2 Å². The van der Waals surface area contributed by atoms with E-state index in [1.54, 1.807) is 13.8 Å². The van der Waals surface area contributed by atoms with Crippen LogP contribution < -0.4 is 14.8 Å². The largest absolute Gasteiger partial charge is 0.507 e. The topological polar surface area (TPSA) is 84.9 Å². The van der Waals surface area contributed by atoms with Gasteiger partial charge in [0, 0.05) is 18.2 Å². The summed E-state index contributed by atoms with van der Waals surface area (Å²) in [4.78, 5) is 23.8. The molecule has 0 aromatic heterocycles. The van der Waals surface area contributed by atoms with Crippen LogP contribution in [0, 0.1) is 0 Å². The molecule has 23 heavy (non-hydrogen) atoms. The molecule has 0 saturated heterocycles. The van der Waals surface area contributed by atoms with Crippen LogP contribution in [0.2, 0.25) is 0 Å². The molecule has 0 fully saturated rings. The van der Waals surface area contributed by atoms with Crippen LogP contribution in [-0.4, -0.2) is 35.0 Å². The number of rotatable bonds is 5. The van der Waals surface area contributed by atoms with E-state index in [2.05, 4.69) is 5.32 Å². The molecule has 6 heteroatoms. The van der Waals surface area contributed by atoms with E-state index in [4.69, 9.17) is 9.47 Å². The predicted molar refractivity (Wildman–Crippen MR) is 85.2 cm³/mol. The summed E-state index contributed by atoms with van der Waals surface area (Å²) in [6, 6.07) is 2.93. The first-order valence-corrected chi connectivity index (χ1v) is 7.73. The van der Waals surface area contributed by atoms with Gasteiger partial charge in [-0.25, -0.2) is 0 Å². The number of carbonyl (C=O) groups excluding carboxylic acids is 2. The average molecular weight is 321 g/mol. The summed E-state index contributed by atoms with van der Waals surface area (Å²) in [5, 5.41) is 12.8. The highest BCUT2D eigenvalue weighted by atomic mass is 16.5. The molecule has 2 rings (SSSR count). The van der Waals surface area contributed by atoms with Crippen LogP contribution >= 0.6 is 0 Å². The lowest BCUT2D eigenvalue weighted by atomic mass is 9.92. The van der Waals surface area contributed by atoms with Crippen molar-refractivity contribution in [2.45, 2.75) is 52.2 Å². The van der Waals surface area contributed by atoms with Crippen LogP contribution in [0.1, 0.15) is 50.9 Å². The van der Waals surface area contributed by atoms with E-state index in [1.807, 2.05) is 13.8 Å². The Labute approximate surface area is 135 Å². The lowest BCUT2D eigenvalue weighted by Gasteiger charge is -2.32. The minimum Gasteiger partial charge on any atom is -0.507 e. The number of hydrogen-bond donors (Lipinski definition) is 2. The van der Waals surface area contributed by atoms with Gasteiger partial charge in [0.1, 0.15) is 28.4 Å². The monoisotopic (exact) mass is 321 g/mol. The number of aromatic hydroxyl groups is 1. The van der Waals surface area contributed by atoms with Crippen molar-refractivity contribution < 1.29 is 24.2 Å². The third-order valence-electron chi connectivity index (χ3n) is 3.70. The normalized spacial score (nSPS) is 17.0. The molecule has 1 amide bonds. The first-order valence-electron chi connectivity index (χ1n) is 7.73. The van der Waals surface area contributed by atoms with Crippen LogP contribution in [0.3, 0.4) is 0 Å². The van der Waals surface area contributed by atoms with Gasteiger partial charge < -0.3 is 19.9 Å². The fourth-order valence-corrected chi connectivity index (χ4v) is 2.40. The van der Waals surface area contributed by atoms with Crippen molar-refractivity contribution in [3.8, 4) is 17.2 Å². The van der Waals surface area contributed by atoms with Crippen molar-refractivity contribution in [1.82, 2.24) is 5.32 Å². The van der Waals surface area contributed by atoms with Crippen molar-refractivity contribution >= 4 is 11.7 Å². The second-order valence-electron chi connectivity index (χ2n) is 6.44. The van der Waals surface area contributed by atoms with E-state index >= 15 is 0 Å². The van der Waals surface area contributed by atoms with Gasteiger partial charge in [0.25, 0.3) is 5.91 Å². The number of Topliss-reactive ketones (excluding diaryl/α,β-unsaturated/α-hetero) is 1. The molecule has 0 unspecified atom stereocenters. The van der Waals surface area contributed by atoms with Crippen LogP contribution in [0.5, 0.6) is 17.2 Å². The van der Waals surface area contributed by atoms with Gasteiger partial charge in [0.05, 0.1) is 6.42 Å². The molecule has 1 aliphatic heterocycles. The molecule has 0 saturated carbocycles. The zero-order chi connectivity index (χ0) is 17.2. The number of carbonyl (C=O) groups is 2. The van der Waals surface area contributed by atoms with Crippen LogP contribution in [-0.2, 0) is 4.79 Å². The standard InChI is InChI=1S/C17H23NO5/c1-5-10(2)18-15(21)9-22-11-6-12(19)16-13(20)8-17(3,4)23-14(16)7-11/h6-7,10,19H,5,8-9H2,1-4H3,(H,18,21)/t10-/m1/s1. The number of phenols is 1. The molecule has 6 nitrogen and oxygen atoms in total. The number of fused-ring (bicyclic) bond motifs is 1. The fraction of sp³-hybridized carbons (Fsp3) is 0.529. The van der Waals surface area contributed by atoms with Crippen molar-refractivity contribution in [3.63, 3.8) is 0 Å². The van der Waals surface area contributed by atoms with Crippen LogP contribution in [0.25, 0.3) is 0 Å². The zero-order valence-corrected chi connectivity index (χ0v) is 13.9. The summed E-state index contributed by atoms with van der Waals surface area (Å²) >= 11 is 0. The minimum absolute atomic E-state index is 0.0739. The van der Waals surface area contributed by atoms with Crippen molar-refractivity contribution in [2.24, 2.45) is 0 Å². The Balaban J connectivity index is 2.12. The summed E-state index contributed by atoms with van der Waals surface area (Å²) in [6.07, 6.45) is 1.03. The van der Waals surface area contributed by atoms with Crippen LogP contribution in [0.15, 0.2) is 12.1 Å². The molecular formula is C17H23NO5. The van der Waals surface area contributed by atoms with E-state index in [9.17, 15) is 14.7 Å². The van der Waals surface area contributed by atoms with Crippen molar-refractivity contribution in [2.75, 3.05) is 6.61 Å². The SMILES string of the molecule is CC[C@@H](C)NC(=O)COc1cc(O)c2c(c1)OC(C)(C)CC2=O. The Bertz CT molecular complexity index is 624. The molecule has 0 spiro atoms. The molecular weight excluding hydrogens is 298 g/mol. The van der Waals surface area contributed by atoms with Gasteiger partial charge in [-0.1, -0.05) is 6.92 Å². The van der Waals surface area contributed by atoms with Gasteiger partial charge in [0.2, 0.25) is 0 Å². The van der Waals surface area contributed by atoms with Gasteiger partial charge in [-0.2, -0.15) is 0 Å². The summed E-state index contributed by atoms with van der Waals surface area (Å²) < 4.78 is 11.1. The van der Waals surface area contributed by atoms with Gasteiger partial charge in [-0.15, -0.1) is 0 Å². The van der Waals surface area contributed by atoms with E-state index in [0.29, 0.717) is 0 Å². The third kappa shape index (κ3) is 4.15. The second kappa shape index (κ2) is 6.48. The highest BCUT2D eigenvalue weighted by Gasteiger charge is 2.34. The summed E-state index contributed by atoms with van der Waals surface area (Å²) in [7, 11) is 0. The Morgan fingerprint density at radius 2 is 2.17 bits per heavy atom. The zero-order valence-electron chi connectivity index (χ0n) is 13.9. The number of amides is 1. The molecule has 1 atom stereocenters. The minimum atomic E-state index is -0.636. The van der Waals surface area contributed by atoms with Crippen molar-refractivity contribution in [1.29, 1.82) is 0 Å². The fourth-order valence-electron chi connectivity index (χ4n) is 2.40. The average Bonchev–Trinajstić information content (AvgIpc) is 2.42. The lowest BCUT2D eigenvalue weighted by Crippen LogP contribution is -2.36. The number of nitrogens with one attached hydrogen (secondary N) is 1. The number of benzene rings is 1. The third-order valence-corrected chi connectivity index (χ3v) is 3.70. The summed E-state index contributed by atoms with van der Waals surface area (Å²) in [5.74, 6) is -0.0429. The Kier molecular flexibility index (Phi) is 4.82. The second-order valence-corrected chi connectivity index (χ2v) is 6.44. The number of hydrogen-bond acceptors (Lipinski definition) is 5. The molecule has 1 aliphatic rings. The maximum Gasteiger partial charge on any atom is 0.258 e. The maximum atomic E-state index is 12.1. The van der Waals surface area contributed by atoms with E-state index in [-0.39, 0.29) is 53.6 Å². The summed E-state index contributed by atoms with van der Waals surface area (Å²) in [5.41, 5.74) is -0.468. The smallest absolute Gasteiger partial charge is 0.258 e. The maximum absolute atomic E-state index is 12.1. The molecule has 0 bridgehead atoms. The van der Waals surface area contributed by atoms with Crippen molar-refractivity contribution in [3.05, 3.63) is 17.7 Å². The van der Waals surface area contributed by atoms with Gasteiger partial charge in [0.15, 0.2) is 12.4 Å².